The third-order valence-electron chi connectivity index (χ3n) is 1.85. The number of hydrogen-bond donors (Lipinski definition) is 1. The summed E-state index contributed by atoms with van der Waals surface area (Å²) in [5.74, 6) is 1.10. The van der Waals surface area contributed by atoms with Gasteiger partial charge in [-0.3, -0.25) is 0 Å². The molecule has 0 saturated carbocycles. The van der Waals surface area contributed by atoms with Gasteiger partial charge in [0.1, 0.15) is 0 Å². The van der Waals surface area contributed by atoms with Crippen LogP contribution in [0, 0.1) is 0 Å². The Balaban J connectivity index is 2.47. The van der Waals surface area contributed by atoms with E-state index in [0.29, 0.717) is 0 Å². The molecule has 64 valence electrons. The largest absolute Gasteiger partial charge is 0.378 e. The van der Waals surface area contributed by atoms with Crippen LogP contribution in [0.5, 0.6) is 0 Å². The molecule has 0 aliphatic carbocycles. The maximum atomic E-state index is 3.44. The number of hydrogen-bond acceptors (Lipinski definition) is 2. The molecule has 1 nitrogen and oxygen atoms in total. The molecule has 2 heteroatoms. The van der Waals surface area contributed by atoms with Gasteiger partial charge >= 0.3 is 0 Å². The van der Waals surface area contributed by atoms with Crippen molar-refractivity contribution in [2.45, 2.75) is 39.5 Å². The predicted octanol–water partition coefficient (Wildman–Crippen LogP) is 3.09. The number of nitrogens with one attached hydrogen (secondary N) is 1. The molecule has 0 amide bonds. The Labute approximate surface area is 73.6 Å². The third kappa shape index (κ3) is 2.44. The molecule has 0 radical (unpaired) electrons. The van der Waals surface area contributed by atoms with Gasteiger partial charge in [0, 0.05) is 10.6 Å². The summed E-state index contributed by atoms with van der Waals surface area (Å²) >= 11 is 1.98. The zero-order chi connectivity index (χ0) is 8.10. The summed E-state index contributed by atoms with van der Waals surface area (Å²) in [6.45, 7) is 4.48. The zero-order valence-electron chi connectivity index (χ0n) is 7.44. The minimum absolute atomic E-state index is 1.10. The lowest BCUT2D eigenvalue weighted by Gasteiger charge is -2.02. The van der Waals surface area contributed by atoms with Gasteiger partial charge in [-0.15, -0.1) is 11.8 Å². The summed E-state index contributed by atoms with van der Waals surface area (Å²) in [5.41, 5.74) is 1.51. The molecule has 1 aliphatic rings. The van der Waals surface area contributed by atoms with Crippen LogP contribution in [-0.4, -0.2) is 5.88 Å². The average Bonchev–Trinajstić information content (AvgIpc) is 2.39. The van der Waals surface area contributed by atoms with E-state index in [2.05, 4.69) is 19.2 Å². The SMILES string of the molecule is CCCC1=C(CCC)SCN1. The molecule has 0 spiro atoms. The lowest BCUT2D eigenvalue weighted by molar-refractivity contribution is 0.797. The van der Waals surface area contributed by atoms with E-state index in [9.17, 15) is 0 Å². The van der Waals surface area contributed by atoms with E-state index in [-0.39, 0.29) is 0 Å². The minimum Gasteiger partial charge on any atom is -0.378 e. The standard InChI is InChI=1S/C9H17NS/c1-3-5-8-9(6-4-2)11-7-10-8/h10H,3-7H2,1-2H3. The molecule has 0 aromatic heterocycles. The van der Waals surface area contributed by atoms with E-state index in [1.54, 1.807) is 4.91 Å². The first-order valence-electron chi connectivity index (χ1n) is 4.47. The van der Waals surface area contributed by atoms with Crippen molar-refractivity contribution in [2.75, 3.05) is 5.88 Å². The van der Waals surface area contributed by atoms with Crippen molar-refractivity contribution in [2.24, 2.45) is 0 Å². The maximum absolute atomic E-state index is 3.44. The van der Waals surface area contributed by atoms with Crippen LogP contribution in [0.15, 0.2) is 10.6 Å². The monoisotopic (exact) mass is 171 g/mol. The van der Waals surface area contributed by atoms with Crippen molar-refractivity contribution in [1.82, 2.24) is 5.32 Å². The number of thioether (sulfide) groups is 1. The van der Waals surface area contributed by atoms with Crippen molar-refractivity contribution < 1.29 is 0 Å². The van der Waals surface area contributed by atoms with Crippen LogP contribution in [-0.2, 0) is 0 Å². The molecule has 0 unspecified atom stereocenters. The first-order valence-corrected chi connectivity index (χ1v) is 5.45. The van der Waals surface area contributed by atoms with Crippen molar-refractivity contribution in [3.05, 3.63) is 10.6 Å². The smallest absolute Gasteiger partial charge is 0.0651 e. The zero-order valence-corrected chi connectivity index (χ0v) is 8.26. The van der Waals surface area contributed by atoms with Gasteiger partial charge in [0.05, 0.1) is 5.88 Å². The number of rotatable bonds is 4. The summed E-state index contributed by atoms with van der Waals surface area (Å²) in [7, 11) is 0. The van der Waals surface area contributed by atoms with E-state index in [0.717, 1.165) is 5.88 Å². The molecule has 1 N–H and O–H groups in total. The Morgan fingerprint density at radius 3 is 2.64 bits per heavy atom. The van der Waals surface area contributed by atoms with Gasteiger partial charge in [-0.2, -0.15) is 0 Å². The second-order valence-corrected chi connectivity index (χ2v) is 3.94. The molecule has 0 bridgehead atoms. The molecular formula is C9H17NS. The van der Waals surface area contributed by atoms with Gasteiger partial charge in [0.25, 0.3) is 0 Å². The van der Waals surface area contributed by atoms with Crippen LogP contribution >= 0.6 is 11.8 Å². The Hall–Kier alpha value is -0.110. The van der Waals surface area contributed by atoms with Crippen molar-refractivity contribution in [1.29, 1.82) is 0 Å². The van der Waals surface area contributed by atoms with Gasteiger partial charge in [-0.25, -0.2) is 0 Å². The highest BCUT2D eigenvalue weighted by molar-refractivity contribution is 8.03. The van der Waals surface area contributed by atoms with Crippen LogP contribution in [0.1, 0.15) is 39.5 Å². The summed E-state index contributed by atoms with van der Waals surface area (Å²) in [4.78, 5) is 1.61. The molecule has 0 atom stereocenters. The van der Waals surface area contributed by atoms with E-state index in [1.807, 2.05) is 11.8 Å². The summed E-state index contributed by atoms with van der Waals surface area (Å²) < 4.78 is 0. The lowest BCUT2D eigenvalue weighted by Crippen LogP contribution is -2.06. The Bertz CT molecular complexity index is 136. The molecule has 1 aliphatic heterocycles. The highest BCUT2D eigenvalue weighted by atomic mass is 32.2. The Kier molecular flexibility index (Phi) is 3.84. The molecule has 0 saturated heterocycles. The van der Waals surface area contributed by atoms with Crippen molar-refractivity contribution >= 4 is 11.8 Å². The van der Waals surface area contributed by atoms with Gasteiger partial charge in [-0.05, 0) is 12.8 Å². The summed E-state index contributed by atoms with van der Waals surface area (Å²) in [6, 6.07) is 0. The topological polar surface area (TPSA) is 12.0 Å². The van der Waals surface area contributed by atoms with Gasteiger partial charge < -0.3 is 5.32 Å². The van der Waals surface area contributed by atoms with Crippen molar-refractivity contribution in [3.63, 3.8) is 0 Å². The molecule has 11 heavy (non-hydrogen) atoms. The predicted molar refractivity (Wildman–Crippen MR) is 52.4 cm³/mol. The normalized spacial score (nSPS) is 17.3. The average molecular weight is 171 g/mol. The fraction of sp³-hybridized carbons (Fsp3) is 0.778. The van der Waals surface area contributed by atoms with E-state index >= 15 is 0 Å². The van der Waals surface area contributed by atoms with Gasteiger partial charge in [0.2, 0.25) is 0 Å². The molecule has 0 aromatic rings. The van der Waals surface area contributed by atoms with E-state index in [4.69, 9.17) is 0 Å². The first kappa shape index (κ1) is 8.98. The Morgan fingerprint density at radius 1 is 1.27 bits per heavy atom. The van der Waals surface area contributed by atoms with Gasteiger partial charge in [0.15, 0.2) is 0 Å². The molecule has 0 aromatic carbocycles. The van der Waals surface area contributed by atoms with Crippen LogP contribution < -0.4 is 5.32 Å². The van der Waals surface area contributed by atoms with E-state index in [1.165, 1.54) is 31.4 Å². The van der Waals surface area contributed by atoms with Crippen LogP contribution in [0.25, 0.3) is 0 Å². The third-order valence-corrected chi connectivity index (χ3v) is 2.93. The molecule has 1 rings (SSSR count). The number of allylic oxidation sites excluding steroid dienone is 2. The first-order chi connectivity index (χ1) is 5.38. The highest BCUT2D eigenvalue weighted by Crippen LogP contribution is 2.30. The lowest BCUT2D eigenvalue weighted by atomic mass is 10.2. The maximum Gasteiger partial charge on any atom is 0.0651 e. The quantitative estimate of drug-likeness (QED) is 0.697. The molecular weight excluding hydrogens is 154 g/mol. The van der Waals surface area contributed by atoms with Crippen LogP contribution in [0.3, 0.4) is 0 Å². The molecule has 1 heterocycles. The Morgan fingerprint density at radius 2 is 2.00 bits per heavy atom. The second-order valence-electron chi connectivity index (χ2n) is 2.87. The van der Waals surface area contributed by atoms with Crippen LogP contribution in [0.4, 0.5) is 0 Å². The minimum atomic E-state index is 1.10. The van der Waals surface area contributed by atoms with Crippen molar-refractivity contribution in [3.8, 4) is 0 Å². The highest BCUT2D eigenvalue weighted by Gasteiger charge is 2.11. The fourth-order valence-corrected chi connectivity index (χ4v) is 2.44. The second kappa shape index (κ2) is 4.70. The molecule has 0 fully saturated rings. The summed E-state index contributed by atoms with van der Waals surface area (Å²) in [6.07, 6.45) is 5.04. The van der Waals surface area contributed by atoms with Gasteiger partial charge in [-0.1, -0.05) is 26.7 Å². The summed E-state index contributed by atoms with van der Waals surface area (Å²) in [5, 5.41) is 3.44. The fourth-order valence-electron chi connectivity index (χ4n) is 1.32. The van der Waals surface area contributed by atoms with Crippen LogP contribution in [0.2, 0.25) is 0 Å². The van der Waals surface area contributed by atoms with E-state index < -0.39 is 0 Å².